The Bertz CT molecular complexity index is 556. The van der Waals surface area contributed by atoms with E-state index >= 15 is 0 Å². The van der Waals surface area contributed by atoms with Crippen molar-refractivity contribution in [2.45, 2.75) is 18.3 Å². The van der Waals surface area contributed by atoms with Crippen LogP contribution in [0.15, 0.2) is 28.8 Å². The van der Waals surface area contributed by atoms with Crippen LogP contribution in [0.3, 0.4) is 0 Å². The van der Waals surface area contributed by atoms with Crippen LogP contribution in [0.4, 0.5) is 5.69 Å². The number of nitrogens with two attached hydrogens (primary N) is 1. The standard InChI is InChI=1S/C13H11BrClNO2/c14-10-6-13(7-17,4-3-12(10)18)9-2-1-8(15)5-11(9)16/h1-2,5-7H,3-4,16H2/t13-/m1/s1. The van der Waals surface area contributed by atoms with Crippen LogP contribution in [0.2, 0.25) is 5.02 Å². The number of Topliss-reactive ketones (excluding diaryl/α,β-unsaturated/α-hetero) is 1. The molecule has 0 aliphatic heterocycles. The predicted molar refractivity (Wildman–Crippen MR) is 74.9 cm³/mol. The van der Waals surface area contributed by atoms with Gasteiger partial charge in [-0.05, 0) is 46.1 Å². The molecule has 0 heterocycles. The van der Waals surface area contributed by atoms with Crippen molar-refractivity contribution >= 4 is 45.3 Å². The lowest BCUT2D eigenvalue weighted by Gasteiger charge is -2.29. The molecule has 0 spiro atoms. The van der Waals surface area contributed by atoms with Crippen molar-refractivity contribution < 1.29 is 9.59 Å². The third kappa shape index (κ3) is 2.22. The van der Waals surface area contributed by atoms with Crippen LogP contribution < -0.4 is 5.73 Å². The first-order valence-corrected chi connectivity index (χ1v) is 6.59. The second-order valence-corrected chi connectivity index (χ2v) is 5.60. The highest BCUT2D eigenvalue weighted by atomic mass is 79.9. The zero-order valence-electron chi connectivity index (χ0n) is 9.45. The van der Waals surface area contributed by atoms with Crippen LogP contribution in [-0.4, -0.2) is 12.1 Å². The lowest BCUT2D eigenvalue weighted by molar-refractivity contribution is -0.116. The molecule has 0 saturated carbocycles. The molecule has 0 radical (unpaired) electrons. The minimum Gasteiger partial charge on any atom is -0.398 e. The molecular formula is C13H11BrClNO2. The lowest BCUT2D eigenvalue weighted by Crippen LogP contribution is -2.31. The number of benzene rings is 1. The summed E-state index contributed by atoms with van der Waals surface area (Å²) in [6.07, 6.45) is 3.21. The monoisotopic (exact) mass is 327 g/mol. The number of carbonyl (C=O) groups is 2. The van der Waals surface area contributed by atoms with Crippen molar-refractivity contribution in [2.24, 2.45) is 0 Å². The fraction of sp³-hybridized carbons (Fsp3) is 0.231. The maximum atomic E-state index is 11.5. The molecule has 0 saturated heterocycles. The van der Waals surface area contributed by atoms with E-state index in [4.69, 9.17) is 17.3 Å². The number of allylic oxidation sites excluding steroid dienone is 2. The summed E-state index contributed by atoms with van der Waals surface area (Å²) in [5.74, 6) is 0.00000922. The Morgan fingerprint density at radius 1 is 1.44 bits per heavy atom. The number of halogens is 2. The minimum atomic E-state index is -0.846. The highest BCUT2D eigenvalue weighted by molar-refractivity contribution is 9.12. The Morgan fingerprint density at radius 3 is 2.72 bits per heavy atom. The average molecular weight is 329 g/mol. The molecule has 0 aromatic heterocycles. The average Bonchev–Trinajstić information content (AvgIpc) is 2.33. The van der Waals surface area contributed by atoms with E-state index in [1.54, 1.807) is 24.3 Å². The number of carbonyl (C=O) groups excluding carboxylic acids is 2. The van der Waals surface area contributed by atoms with Gasteiger partial charge in [0.1, 0.15) is 6.29 Å². The summed E-state index contributed by atoms with van der Waals surface area (Å²) >= 11 is 9.04. The predicted octanol–water partition coefficient (Wildman–Crippen LogP) is 3.00. The van der Waals surface area contributed by atoms with Crippen molar-refractivity contribution in [3.05, 3.63) is 39.3 Å². The third-order valence-corrected chi connectivity index (χ3v) is 4.05. The molecule has 2 N–H and O–H groups in total. The molecule has 1 atom stereocenters. The van der Waals surface area contributed by atoms with Crippen molar-refractivity contribution in [3.63, 3.8) is 0 Å². The van der Waals surface area contributed by atoms with Crippen molar-refractivity contribution in [1.29, 1.82) is 0 Å². The zero-order chi connectivity index (χ0) is 13.3. The second-order valence-electron chi connectivity index (χ2n) is 4.31. The SMILES string of the molecule is Nc1cc(Cl)ccc1[C@@]1(C=O)C=C(Br)C(=O)CC1. The lowest BCUT2D eigenvalue weighted by atomic mass is 9.74. The molecule has 1 aliphatic carbocycles. The molecule has 5 heteroatoms. The fourth-order valence-corrected chi connectivity index (χ4v) is 2.93. The van der Waals surface area contributed by atoms with Gasteiger partial charge in [-0.3, -0.25) is 4.79 Å². The van der Waals surface area contributed by atoms with Gasteiger partial charge in [-0.1, -0.05) is 17.7 Å². The van der Waals surface area contributed by atoms with Gasteiger partial charge in [0.15, 0.2) is 5.78 Å². The Balaban J connectivity index is 2.58. The third-order valence-electron chi connectivity index (χ3n) is 3.14. The van der Waals surface area contributed by atoms with Gasteiger partial charge in [0.2, 0.25) is 0 Å². The first-order chi connectivity index (χ1) is 8.48. The first-order valence-electron chi connectivity index (χ1n) is 5.42. The van der Waals surface area contributed by atoms with E-state index in [1.807, 2.05) is 0 Å². The van der Waals surface area contributed by atoms with Crippen molar-refractivity contribution in [3.8, 4) is 0 Å². The van der Waals surface area contributed by atoms with Crippen LogP contribution in [0.5, 0.6) is 0 Å². The molecule has 1 aromatic rings. The second kappa shape index (κ2) is 4.86. The largest absolute Gasteiger partial charge is 0.398 e. The van der Waals surface area contributed by atoms with Crippen LogP contribution >= 0.6 is 27.5 Å². The van der Waals surface area contributed by atoms with Crippen LogP contribution in [0.25, 0.3) is 0 Å². The van der Waals surface area contributed by atoms with Gasteiger partial charge in [0, 0.05) is 17.1 Å². The van der Waals surface area contributed by atoms with Crippen LogP contribution in [0.1, 0.15) is 18.4 Å². The maximum absolute atomic E-state index is 11.5. The number of hydrogen-bond donors (Lipinski definition) is 1. The molecule has 1 aliphatic rings. The number of anilines is 1. The minimum absolute atomic E-state index is 0.00000922. The molecule has 0 fully saturated rings. The van der Waals surface area contributed by atoms with Crippen molar-refractivity contribution in [1.82, 2.24) is 0 Å². The van der Waals surface area contributed by atoms with Gasteiger partial charge in [0.05, 0.1) is 9.90 Å². The van der Waals surface area contributed by atoms with Gasteiger partial charge < -0.3 is 10.5 Å². The molecule has 0 unspecified atom stereocenters. The fourth-order valence-electron chi connectivity index (χ4n) is 2.14. The topological polar surface area (TPSA) is 60.2 Å². The molecule has 0 bridgehead atoms. The molecule has 1 aromatic carbocycles. The van der Waals surface area contributed by atoms with Gasteiger partial charge in [-0.25, -0.2) is 0 Å². The number of rotatable bonds is 2. The van der Waals surface area contributed by atoms with E-state index < -0.39 is 5.41 Å². The molecular weight excluding hydrogens is 318 g/mol. The summed E-state index contributed by atoms with van der Waals surface area (Å²) in [4.78, 5) is 23.0. The molecule has 0 amide bonds. The Kier molecular flexibility index (Phi) is 3.59. The van der Waals surface area contributed by atoms with E-state index in [1.165, 1.54) is 0 Å². The summed E-state index contributed by atoms with van der Waals surface area (Å²) < 4.78 is 0.426. The number of ketones is 1. The molecule has 3 nitrogen and oxygen atoms in total. The van der Waals surface area contributed by atoms with Gasteiger partial charge >= 0.3 is 0 Å². The number of hydrogen-bond acceptors (Lipinski definition) is 3. The Labute approximate surface area is 118 Å². The summed E-state index contributed by atoms with van der Waals surface area (Å²) in [6.45, 7) is 0. The Hall–Kier alpha value is -1.13. The zero-order valence-corrected chi connectivity index (χ0v) is 11.8. The smallest absolute Gasteiger partial charge is 0.169 e. The maximum Gasteiger partial charge on any atom is 0.169 e. The van der Waals surface area contributed by atoms with Crippen LogP contribution in [0, 0.1) is 0 Å². The van der Waals surface area contributed by atoms with E-state index in [-0.39, 0.29) is 5.78 Å². The van der Waals surface area contributed by atoms with E-state index in [0.29, 0.717) is 33.6 Å². The van der Waals surface area contributed by atoms with Gasteiger partial charge in [-0.15, -0.1) is 0 Å². The summed E-state index contributed by atoms with van der Waals surface area (Å²) in [7, 11) is 0. The molecule has 18 heavy (non-hydrogen) atoms. The summed E-state index contributed by atoms with van der Waals surface area (Å²) in [6, 6.07) is 5.04. The highest BCUT2D eigenvalue weighted by Gasteiger charge is 2.36. The number of nitrogen functional groups attached to an aromatic ring is 1. The summed E-state index contributed by atoms with van der Waals surface area (Å²) in [5.41, 5.74) is 6.22. The van der Waals surface area contributed by atoms with Crippen molar-refractivity contribution in [2.75, 3.05) is 5.73 Å². The quantitative estimate of drug-likeness (QED) is 0.670. The first kappa shape index (κ1) is 13.3. The summed E-state index contributed by atoms with van der Waals surface area (Å²) in [5, 5.41) is 0.521. The van der Waals surface area contributed by atoms with E-state index in [2.05, 4.69) is 15.9 Å². The van der Waals surface area contributed by atoms with Gasteiger partial charge in [0.25, 0.3) is 0 Å². The Morgan fingerprint density at radius 2 is 2.17 bits per heavy atom. The molecule has 2 rings (SSSR count). The normalized spacial score (nSPS) is 23.7. The number of aldehydes is 1. The van der Waals surface area contributed by atoms with E-state index in [9.17, 15) is 9.59 Å². The van der Waals surface area contributed by atoms with Crippen LogP contribution in [-0.2, 0) is 15.0 Å². The van der Waals surface area contributed by atoms with E-state index in [0.717, 1.165) is 6.29 Å². The van der Waals surface area contributed by atoms with Gasteiger partial charge in [-0.2, -0.15) is 0 Å². The highest BCUT2D eigenvalue weighted by Crippen LogP contribution is 2.39. The molecule has 94 valence electrons.